The number of nitrogens with zero attached hydrogens (tertiary/aromatic N) is 1. The smallest absolute Gasteiger partial charge is 0.277 e. The molecule has 0 spiro atoms. The van der Waals surface area contributed by atoms with E-state index in [1.165, 1.54) is 24.3 Å². The number of nitrogens with one attached hydrogen (secondary N) is 3. The molecule has 0 bridgehead atoms. The SMILES string of the molecule is CS(=O)(=O)Nc1cccc(NS(=O)(=O)c2cc(O)c(NC3=CC(=O)N(CCO)C3=O)cc2Cl)c1. The predicted octanol–water partition coefficient (Wildman–Crippen LogP) is 0.875. The average Bonchev–Trinajstić information content (AvgIpc) is 2.96. The summed E-state index contributed by atoms with van der Waals surface area (Å²) < 4.78 is 52.9. The molecule has 2 aromatic carbocycles. The summed E-state index contributed by atoms with van der Waals surface area (Å²) in [6.45, 7) is -0.641. The second-order valence-electron chi connectivity index (χ2n) is 7.06. The second-order valence-corrected chi connectivity index (χ2v) is 10.9. The normalized spacial score (nSPS) is 14.2. The molecule has 182 valence electrons. The van der Waals surface area contributed by atoms with Gasteiger partial charge in [-0.15, -0.1) is 0 Å². The van der Waals surface area contributed by atoms with Gasteiger partial charge in [0, 0.05) is 12.1 Å². The van der Waals surface area contributed by atoms with Crippen molar-refractivity contribution in [1.82, 2.24) is 4.90 Å². The van der Waals surface area contributed by atoms with Crippen molar-refractivity contribution in [1.29, 1.82) is 0 Å². The molecular formula is C19H19ClN4O8S2. The number of sulfonamides is 2. The second kappa shape index (κ2) is 9.50. The number of aliphatic hydroxyl groups excluding tert-OH is 1. The van der Waals surface area contributed by atoms with Crippen LogP contribution in [0.25, 0.3) is 0 Å². The van der Waals surface area contributed by atoms with Crippen LogP contribution in [0.1, 0.15) is 0 Å². The molecule has 1 heterocycles. The number of imide groups is 1. The van der Waals surface area contributed by atoms with E-state index < -0.39 is 49.1 Å². The van der Waals surface area contributed by atoms with Gasteiger partial charge in [0.15, 0.2) is 0 Å². The minimum atomic E-state index is -4.33. The van der Waals surface area contributed by atoms with E-state index in [4.69, 9.17) is 16.7 Å². The van der Waals surface area contributed by atoms with Crippen LogP contribution in [0.2, 0.25) is 5.02 Å². The molecule has 1 aliphatic heterocycles. The summed E-state index contributed by atoms with van der Waals surface area (Å²) in [6, 6.07) is 7.37. The number of β-amino-alcohol motifs (C(OH)–C–C–N with tert-alkyl or cyclic N) is 1. The highest BCUT2D eigenvalue weighted by Gasteiger charge is 2.31. The van der Waals surface area contributed by atoms with Gasteiger partial charge in [0.2, 0.25) is 10.0 Å². The van der Waals surface area contributed by atoms with Gasteiger partial charge < -0.3 is 15.5 Å². The number of aromatic hydroxyl groups is 1. The number of rotatable bonds is 9. The molecule has 2 amide bonds. The first-order chi connectivity index (χ1) is 15.8. The number of hydrogen-bond acceptors (Lipinski definition) is 9. The number of anilines is 3. The van der Waals surface area contributed by atoms with Crippen LogP contribution < -0.4 is 14.8 Å². The first kappa shape index (κ1) is 25.3. The number of hydrogen-bond donors (Lipinski definition) is 5. The number of amides is 2. The fourth-order valence-corrected chi connectivity index (χ4v) is 5.13. The van der Waals surface area contributed by atoms with E-state index >= 15 is 0 Å². The van der Waals surface area contributed by atoms with Crippen LogP contribution in [-0.2, 0) is 29.6 Å². The van der Waals surface area contributed by atoms with Crippen molar-refractivity contribution in [2.24, 2.45) is 0 Å². The Morgan fingerprint density at radius 3 is 2.29 bits per heavy atom. The van der Waals surface area contributed by atoms with Crippen LogP contribution in [-0.4, -0.2) is 63.2 Å². The van der Waals surface area contributed by atoms with E-state index in [2.05, 4.69) is 14.8 Å². The van der Waals surface area contributed by atoms with Crippen LogP contribution in [0.3, 0.4) is 0 Å². The average molecular weight is 531 g/mol. The zero-order valence-electron chi connectivity index (χ0n) is 17.4. The molecule has 0 unspecified atom stereocenters. The maximum Gasteiger partial charge on any atom is 0.277 e. The number of carbonyl (C=O) groups is 2. The summed E-state index contributed by atoms with van der Waals surface area (Å²) in [7, 11) is -7.91. The highest BCUT2D eigenvalue weighted by molar-refractivity contribution is 7.93. The molecular weight excluding hydrogens is 512 g/mol. The van der Waals surface area contributed by atoms with Crippen molar-refractivity contribution in [3.8, 4) is 5.75 Å². The van der Waals surface area contributed by atoms with Gasteiger partial charge in [-0.05, 0) is 24.3 Å². The number of aliphatic hydroxyl groups is 1. The van der Waals surface area contributed by atoms with E-state index in [1.54, 1.807) is 0 Å². The maximum atomic E-state index is 12.8. The Hall–Kier alpha value is -3.33. The van der Waals surface area contributed by atoms with Gasteiger partial charge in [0.1, 0.15) is 16.3 Å². The highest BCUT2D eigenvalue weighted by atomic mass is 35.5. The monoisotopic (exact) mass is 530 g/mol. The molecule has 0 radical (unpaired) electrons. The van der Waals surface area contributed by atoms with Gasteiger partial charge in [0.25, 0.3) is 21.8 Å². The lowest BCUT2D eigenvalue weighted by molar-refractivity contribution is -0.137. The van der Waals surface area contributed by atoms with E-state index in [1.807, 2.05) is 0 Å². The summed E-state index contributed by atoms with van der Waals surface area (Å²) in [6.07, 6.45) is 1.91. The molecule has 2 aromatic rings. The minimum absolute atomic E-state index is 0.0237. The molecule has 0 saturated carbocycles. The molecule has 5 N–H and O–H groups in total. The first-order valence-corrected chi connectivity index (χ1v) is 13.1. The van der Waals surface area contributed by atoms with Crippen LogP contribution in [0.15, 0.2) is 53.1 Å². The third-order valence-electron chi connectivity index (χ3n) is 4.36. The summed E-state index contributed by atoms with van der Waals surface area (Å²) in [5, 5.41) is 21.5. The van der Waals surface area contributed by atoms with Crippen molar-refractivity contribution < 1.29 is 36.6 Å². The van der Waals surface area contributed by atoms with E-state index in [-0.39, 0.29) is 34.3 Å². The van der Waals surface area contributed by atoms with Gasteiger partial charge in [-0.25, -0.2) is 16.8 Å². The number of halogens is 1. The Labute approximate surface area is 199 Å². The zero-order chi connectivity index (χ0) is 25.3. The van der Waals surface area contributed by atoms with Gasteiger partial charge in [-0.1, -0.05) is 17.7 Å². The molecule has 0 fully saturated rings. The Morgan fingerprint density at radius 2 is 1.68 bits per heavy atom. The predicted molar refractivity (Wildman–Crippen MR) is 124 cm³/mol. The van der Waals surface area contributed by atoms with Crippen molar-refractivity contribution in [2.75, 3.05) is 34.2 Å². The molecule has 34 heavy (non-hydrogen) atoms. The zero-order valence-corrected chi connectivity index (χ0v) is 19.8. The van der Waals surface area contributed by atoms with Crippen molar-refractivity contribution >= 4 is 60.5 Å². The Kier molecular flexibility index (Phi) is 7.07. The maximum absolute atomic E-state index is 12.8. The number of phenolic OH excluding ortho intramolecular Hbond substituents is 1. The fraction of sp³-hybridized carbons (Fsp3) is 0.158. The van der Waals surface area contributed by atoms with Gasteiger partial charge in [-0.3, -0.25) is 23.9 Å². The lowest BCUT2D eigenvalue weighted by atomic mass is 10.2. The summed E-state index contributed by atoms with van der Waals surface area (Å²) >= 11 is 6.12. The Bertz CT molecular complexity index is 1410. The third-order valence-corrected chi connectivity index (χ3v) is 6.81. The van der Waals surface area contributed by atoms with Crippen molar-refractivity contribution in [2.45, 2.75) is 4.90 Å². The standard InChI is InChI=1S/C19H19ClN4O8S2/c1-33(29,30)22-11-3-2-4-12(7-11)23-34(31,32)17-10-16(26)14(8-13(17)20)21-15-9-18(27)24(5-6-25)19(15)28/h2-4,7-10,21-23,25-26H,5-6H2,1H3. The van der Waals surface area contributed by atoms with Crippen LogP contribution >= 0.6 is 11.6 Å². The number of phenols is 1. The van der Waals surface area contributed by atoms with E-state index in [0.717, 1.165) is 29.4 Å². The summed E-state index contributed by atoms with van der Waals surface area (Å²) in [4.78, 5) is 24.4. The minimum Gasteiger partial charge on any atom is -0.506 e. The highest BCUT2D eigenvalue weighted by Crippen LogP contribution is 2.35. The molecule has 0 saturated heterocycles. The largest absolute Gasteiger partial charge is 0.506 e. The number of carbonyl (C=O) groups excluding carboxylic acids is 2. The molecule has 0 atom stereocenters. The lowest BCUT2D eigenvalue weighted by Crippen LogP contribution is -2.34. The fourth-order valence-electron chi connectivity index (χ4n) is 2.97. The Morgan fingerprint density at radius 1 is 1.03 bits per heavy atom. The topological polar surface area (TPSA) is 182 Å². The van der Waals surface area contributed by atoms with Gasteiger partial charge >= 0.3 is 0 Å². The van der Waals surface area contributed by atoms with Crippen LogP contribution in [0.5, 0.6) is 5.75 Å². The van der Waals surface area contributed by atoms with Gasteiger partial charge in [0.05, 0.1) is 41.5 Å². The number of benzene rings is 2. The molecule has 15 heteroatoms. The van der Waals surface area contributed by atoms with E-state index in [9.17, 15) is 31.5 Å². The molecule has 0 aromatic heterocycles. The quantitative estimate of drug-likeness (QED) is 0.232. The van der Waals surface area contributed by atoms with Crippen molar-refractivity contribution in [3.63, 3.8) is 0 Å². The molecule has 1 aliphatic rings. The molecule has 12 nitrogen and oxygen atoms in total. The van der Waals surface area contributed by atoms with Crippen LogP contribution in [0, 0.1) is 0 Å². The Balaban J connectivity index is 1.84. The summed E-state index contributed by atoms with van der Waals surface area (Å²) in [5.41, 5.74) is -0.193. The third kappa shape index (κ3) is 5.77. The lowest BCUT2D eigenvalue weighted by Gasteiger charge is -2.15. The van der Waals surface area contributed by atoms with Crippen LogP contribution in [0.4, 0.5) is 17.1 Å². The summed E-state index contributed by atoms with van der Waals surface area (Å²) in [5.74, 6) is -1.99. The first-order valence-electron chi connectivity index (χ1n) is 9.39. The molecule has 0 aliphatic carbocycles. The molecule has 3 rings (SSSR count). The van der Waals surface area contributed by atoms with Crippen molar-refractivity contribution in [3.05, 3.63) is 53.2 Å². The van der Waals surface area contributed by atoms with Gasteiger partial charge in [-0.2, -0.15) is 0 Å². The van der Waals surface area contributed by atoms with E-state index in [0.29, 0.717) is 0 Å².